The predicted molar refractivity (Wildman–Crippen MR) is 82.0 cm³/mol. The van der Waals surface area contributed by atoms with Gasteiger partial charge in [0.2, 0.25) is 0 Å². The van der Waals surface area contributed by atoms with E-state index in [0.29, 0.717) is 5.56 Å². The normalized spacial score (nSPS) is 13.6. The standard InChI is InChI=1S/C16H17N3S/c1-19(11-13-8-6-12(10-17)7-9-13)16-18-14-4-2-3-5-15(14)20-16/h6-9H,2-5,11H2,1H3. The molecule has 3 rings (SSSR count). The second-order valence-corrected chi connectivity index (χ2v) is 6.30. The van der Waals surface area contributed by atoms with E-state index < -0.39 is 0 Å². The van der Waals surface area contributed by atoms with E-state index in [4.69, 9.17) is 10.2 Å². The number of aryl methyl sites for hydroxylation is 2. The molecule has 4 heteroatoms. The molecule has 0 atom stereocenters. The van der Waals surface area contributed by atoms with Crippen molar-refractivity contribution in [3.05, 3.63) is 46.0 Å². The third-order valence-electron chi connectivity index (χ3n) is 3.66. The lowest BCUT2D eigenvalue weighted by atomic mass is 10.0. The maximum absolute atomic E-state index is 8.81. The number of fused-ring (bicyclic) bond motifs is 1. The second-order valence-electron chi connectivity index (χ2n) is 5.24. The maximum Gasteiger partial charge on any atom is 0.185 e. The molecule has 1 aromatic heterocycles. The highest BCUT2D eigenvalue weighted by Gasteiger charge is 2.17. The monoisotopic (exact) mass is 283 g/mol. The number of rotatable bonds is 3. The molecule has 0 unspecified atom stereocenters. The summed E-state index contributed by atoms with van der Waals surface area (Å²) in [7, 11) is 2.09. The van der Waals surface area contributed by atoms with Crippen LogP contribution < -0.4 is 4.90 Å². The Balaban J connectivity index is 1.73. The predicted octanol–water partition coefficient (Wildman–Crippen LogP) is 3.53. The molecule has 1 aliphatic rings. The van der Waals surface area contributed by atoms with Crippen LogP contribution in [0.5, 0.6) is 0 Å². The molecule has 2 aromatic rings. The Kier molecular flexibility index (Phi) is 3.70. The highest BCUT2D eigenvalue weighted by atomic mass is 32.1. The third kappa shape index (κ3) is 2.68. The summed E-state index contributed by atoms with van der Waals surface area (Å²) in [5.41, 5.74) is 3.23. The number of anilines is 1. The zero-order chi connectivity index (χ0) is 13.9. The van der Waals surface area contributed by atoms with Crippen molar-refractivity contribution in [2.45, 2.75) is 32.2 Å². The smallest absolute Gasteiger partial charge is 0.185 e. The number of thiazole rings is 1. The number of hydrogen-bond acceptors (Lipinski definition) is 4. The Morgan fingerprint density at radius 3 is 2.70 bits per heavy atom. The Labute approximate surface area is 123 Å². The van der Waals surface area contributed by atoms with Gasteiger partial charge in [0.05, 0.1) is 17.3 Å². The fourth-order valence-electron chi connectivity index (χ4n) is 2.53. The minimum absolute atomic E-state index is 0.709. The van der Waals surface area contributed by atoms with E-state index in [1.165, 1.54) is 35.4 Å². The second kappa shape index (κ2) is 5.64. The lowest BCUT2D eigenvalue weighted by Crippen LogP contribution is -2.16. The first-order valence-electron chi connectivity index (χ1n) is 6.95. The summed E-state index contributed by atoms with van der Waals surface area (Å²) in [4.78, 5) is 8.44. The van der Waals surface area contributed by atoms with Crippen LogP contribution in [0.4, 0.5) is 5.13 Å². The fourth-order valence-corrected chi connectivity index (χ4v) is 3.64. The Hall–Kier alpha value is -1.86. The summed E-state index contributed by atoms with van der Waals surface area (Å²) in [6, 6.07) is 9.92. The topological polar surface area (TPSA) is 39.9 Å². The van der Waals surface area contributed by atoms with Gasteiger partial charge in [-0.05, 0) is 43.4 Å². The van der Waals surface area contributed by atoms with Crippen LogP contribution in [-0.4, -0.2) is 12.0 Å². The van der Waals surface area contributed by atoms with Crippen molar-refractivity contribution in [2.24, 2.45) is 0 Å². The van der Waals surface area contributed by atoms with Crippen molar-refractivity contribution >= 4 is 16.5 Å². The van der Waals surface area contributed by atoms with Gasteiger partial charge >= 0.3 is 0 Å². The molecule has 1 heterocycles. The van der Waals surface area contributed by atoms with E-state index in [-0.39, 0.29) is 0 Å². The van der Waals surface area contributed by atoms with E-state index in [1.54, 1.807) is 0 Å². The van der Waals surface area contributed by atoms with Crippen LogP contribution in [0.15, 0.2) is 24.3 Å². The van der Waals surface area contributed by atoms with Gasteiger partial charge in [0.25, 0.3) is 0 Å². The van der Waals surface area contributed by atoms with Gasteiger partial charge in [-0.1, -0.05) is 12.1 Å². The van der Waals surface area contributed by atoms with Crippen LogP contribution in [0.3, 0.4) is 0 Å². The van der Waals surface area contributed by atoms with Gasteiger partial charge in [0.1, 0.15) is 0 Å². The number of aromatic nitrogens is 1. The summed E-state index contributed by atoms with van der Waals surface area (Å²) < 4.78 is 0. The lowest BCUT2D eigenvalue weighted by Gasteiger charge is -2.15. The molecule has 3 nitrogen and oxygen atoms in total. The number of benzene rings is 1. The maximum atomic E-state index is 8.81. The molecule has 0 amide bonds. The van der Waals surface area contributed by atoms with E-state index in [2.05, 4.69) is 18.0 Å². The molecule has 102 valence electrons. The van der Waals surface area contributed by atoms with Crippen LogP contribution in [0, 0.1) is 11.3 Å². The third-order valence-corrected chi connectivity index (χ3v) is 4.94. The zero-order valence-corrected chi connectivity index (χ0v) is 12.4. The Morgan fingerprint density at radius 1 is 1.25 bits per heavy atom. The molecule has 0 aliphatic heterocycles. The van der Waals surface area contributed by atoms with Crippen molar-refractivity contribution < 1.29 is 0 Å². The fraction of sp³-hybridized carbons (Fsp3) is 0.375. The van der Waals surface area contributed by atoms with E-state index >= 15 is 0 Å². The van der Waals surface area contributed by atoms with Crippen LogP contribution in [0.2, 0.25) is 0 Å². The molecule has 0 N–H and O–H groups in total. The first kappa shape index (κ1) is 13.1. The molecule has 0 spiro atoms. The molecule has 0 saturated heterocycles. The highest BCUT2D eigenvalue weighted by Crippen LogP contribution is 2.31. The van der Waals surface area contributed by atoms with Gasteiger partial charge in [0, 0.05) is 18.5 Å². The van der Waals surface area contributed by atoms with Gasteiger partial charge in [-0.25, -0.2) is 4.98 Å². The van der Waals surface area contributed by atoms with Gasteiger partial charge in [-0.3, -0.25) is 0 Å². The van der Waals surface area contributed by atoms with Gasteiger partial charge < -0.3 is 4.90 Å². The van der Waals surface area contributed by atoms with Gasteiger partial charge in [-0.15, -0.1) is 11.3 Å². The van der Waals surface area contributed by atoms with Crippen molar-refractivity contribution in [2.75, 3.05) is 11.9 Å². The van der Waals surface area contributed by atoms with Crippen molar-refractivity contribution in [1.82, 2.24) is 4.98 Å². The molecule has 0 fully saturated rings. The first-order valence-corrected chi connectivity index (χ1v) is 7.76. The lowest BCUT2D eigenvalue weighted by molar-refractivity contribution is 0.681. The molecule has 1 aliphatic carbocycles. The van der Waals surface area contributed by atoms with Crippen molar-refractivity contribution in [1.29, 1.82) is 5.26 Å². The summed E-state index contributed by atoms with van der Waals surface area (Å²) in [5.74, 6) is 0. The molecule has 20 heavy (non-hydrogen) atoms. The average Bonchev–Trinajstić information content (AvgIpc) is 2.92. The quantitative estimate of drug-likeness (QED) is 0.865. The minimum Gasteiger partial charge on any atom is -0.347 e. The molecular weight excluding hydrogens is 266 g/mol. The summed E-state index contributed by atoms with van der Waals surface area (Å²) >= 11 is 1.83. The van der Waals surface area contributed by atoms with E-state index in [1.807, 2.05) is 35.6 Å². The van der Waals surface area contributed by atoms with Gasteiger partial charge in [-0.2, -0.15) is 5.26 Å². The summed E-state index contributed by atoms with van der Waals surface area (Å²) in [6.45, 7) is 0.831. The molecule has 0 saturated carbocycles. The Morgan fingerprint density at radius 2 is 2.00 bits per heavy atom. The highest BCUT2D eigenvalue weighted by molar-refractivity contribution is 7.15. The molecule has 0 radical (unpaired) electrons. The number of hydrogen-bond donors (Lipinski definition) is 0. The number of nitriles is 1. The van der Waals surface area contributed by atoms with E-state index in [9.17, 15) is 0 Å². The molecule has 1 aromatic carbocycles. The first-order chi connectivity index (χ1) is 9.76. The Bertz CT molecular complexity index is 613. The SMILES string of the molecule is CN(Cc1ccc(C#N)cc1)c1nc2c(s1)CCCC2. The van der Waals surface area contributed by atoms with Crippen LogP contribution in [0.25, 0.3) is 0 Å². The zero-order valence-electron chi connectivity index (χ0n) is 11.6. The van der Waals surface area contributed by atoms with Crippen LogP contribution in [0.1, 0.15) is 34.5 Å². The number of nitrogens with zero attached hydrogens (tertiary/aromatic N) is 3. The summed E-state index contributed by atoms with van der Waals surface area (Å²) in [6.07, 6.45) is 4.90. The minimum atomic E-state index is 0.709. The van der Waals surface area contributed by atoms with Crippen LogP contribution >= 0.6 is 11.3 Å². The van der Waals surface area contributed by atoms with E-state index in [0.717, 1.165) is 18.1 Å². The van der Waals surface area contributed by atoms with Crippen LogP contribution in [-0.2, 0) is 19.4 Å². The largest absolute Gasteiger partial charge is 0.347 e. The summed E-state index contributed by atoms with van der Waals surface area (Å²) in [5, 5.41) is 9.93. The average molecular weight is 283 g/mol. The van der Waals surface area contributed by atoms with Gasteiger partial charge in [0.15, 0.2) is 5.13 Å². The molecule has 0 bridgehead atoms. The van der Waals surface area contributed by atoms with Crippen molar-refractivity contribution in [3.63, 3.8) is 0 Å². The molecular formula is C16H17N3S. The van der Waals surface area contributed by atoms with Crippen molar-refractivity contribution in [3.8, 4) is 6.07 Å².